The first kappa shape index (κ1) is 8.78. The normalized spacial score (nSPS) is 28.1. The van der Waals surface area contributed by atoms with Crippen LogP contribution in [-0.2, 0) is 4.79 Å². The third kappa shape index (κ3) is 2.38. The predicted octanol–water partition coefficient (Wildman–Crippen LogP) is 2.01. The Morgan fingerprint density at radius 3 is 2.67 bits per heavy atom. The lowest BCUT2D eigenvalue weighted by Crippen LogP contribution is -2.06. The molecule has 12 heavy (non-hydrogen) atoms. The van der Waals surface area contributed by atoms with E-state index >= 15 is 0 Å². The smallest absolute Gasteiger partial charge is 0.327 e. The van der Waals surface area contributed by atoms with Gasteiger partial charge in [-0.3, -0.25) is 0 Å². The number of carboxylic acid groups (broad SMARTS) is 1. The largest absolute Gasteiger partial charge is 0.478 e. The van der Waals surface area contributed by atoms with Gasteiger partial charge in [-0.15, -0.1) is 0 Å². The standard InChI is InChI=1S/C10H12O2/c1-8-4-2-3-5-9(8)6-7-10(11)12/h2-9H,1H3,(H,11,12)/b7-6+. The minimum absolute atomic E-state index is 0.228. The second kappa shape index (κ2) is 3.90. The van der Waals surface area contributed by atoms with E-state index in [0.717, 1.165) is 0 Å². The number of rotatable bonds is 2. The molecule has 2 atom stereocenters. The molecule has 2 unspecified atom stereocenters. The summed E-state index contributed by atoms with van der Waals surface area (Å²) in [7, 11) is 0. The number of hydrogen-bond acceptors (Lipinski definition) is 1. The molecule has 0 spiro atoms. The molecule has 0 saturated heterocycles. The maximum atomic E-state index is 10.2. The van der Waals surface area contributed by atoms with Gasteiger partial charge in [0.05, 0.1) is 0 Å². The predicted molar refractivity (Wildman–Crippen MR) is 47.7 cm³/mol. The van der Waals surface area contributed by atoms with Gasteiger partial charge in [-0.2, -0.15) is 0 Å². The SMILES string of the molecule is CC1C=CC=CC1/C=C/C(=O)O. The minimum Gasteiger partial charge on any atom is -0.478 e. The minimum atomic E-state index is -0.884. The molecule has 1 N–H and O–H groups in total. The Balaban J connectivity index is 2.58. The van der Waals surface area contributed by atoms with Crippen molar-refractivity contribution >= 4 is 5.97 Å². The van der Waals surface area contributed by atoms with Gasteiger partial charge in [0.25, 0.3) is 0 Å². The summed E-state index contributed by atoms with van der Waals surface area (Å²) in [5.74, 6) is -0.262. The van der Waals surface area contributed by atoms with Gasteiger partial charge in [-0.1, -0.05) is 37.3 Å². The van der Waals surface area contributed by atoms with Crippen molar-refractivity contribution in [2.45, 2.75) is 6.92 Å². The third-order valence-corrected chi connectivity index (χ3v) is 1.93. The molecule has 1 aliphatic rings. The molecule has 2 heteroatoms. The fraction of sp³-hybridized carbons (Fsp3) is 0.300. The second-order valence-electron chi connectivity index (χ2n) is 2.90. The summed E-state index contributed by atoms with van der Waals surface area (Å²) >= 11 is 0. The van der Waals surface area contributed by atoms with Crippen LogP contribution in [0.4, 0.5) is 0 Å². The van der Waals surface area contributed by atoms with Crippen molar-refractivity contribution in [2.24, 2.45) is 11.8 Å². The Labute approximate surface area is 71.9 Å². The van der Waals surface area contributed by atoms with Crippen LogP contribution in [0.25, 0.3) is 0 Å². The summed E-state index contributed by atoms with van der Waals surface area (Å²) < 4.78 is 0. The van der Waals surface area contributed by atoms with Gasteiger partial charge >= 0.3 is 5.97 Å². The molecule has 0 aromatic rings. The summed E-state index contributed by atoms with van der Waals surface area (Å²) in [4.78, 5) is 10.2. The van der Waals surface area contributed by atoms with Crippen LogP contribution < -0.4 is 0 Å². The van der Waals surface area contributed by atoms with E-state index in [1.165, 1.54) is 6.08 Å². The second-order valence-corrected chi connectivity index (χ2v) is 2.90. The Morgan fingerprint density at radius 1 is 1.42 bits per heavy atom. The van der Waals surface area contributed by atoms with Crippen molar-refractivity contribution in [3.63, 3.8) is 0 Å². The van der Waals surface area contributed by atoms with E-state index in [0.29, 0.717) is 5.92 Å². The number of hydrogen-bond donors (Lipinski definition) is 1. The zero-order valence-electron chi connectivity index (χ0n) is 6.97. The molecule has 0 bridgehead atoms. The maximum absolute atomic E-state index is 10.2. The van der Waals surface area contributed by atoms with Crippen LogP contribution in [0.2, 0.25) is 0 Å². The van der Waals surface area contributed by atoms with Crippen LogP contribution in [0.3, 0.4) is 0 Å². The van der Waals surface area contributed by atoms with Gasteiger partial charge in [0.1, 0.15) is 0 Å². The molecule has 0 radical (unpaired) electrons. The van der Waals surface area contributed by atoms with E-state index in [4.69, 9.17) is 5.11 Å². The highest BCUT2D eigenvalue weighted by atomic mass is 16.4. The maximum Gasteiger partial charge on any atom is 0.327 e. The molecule has 0 fully saturated rings. The Hall–Kier alpha value is -1.31. The monoisotopic (exact) mass is 164 g/mol. The van der Waals surface area contributed by atoms with E-state index in [1.54, 1.807) is 6.08 Å². The molecule has 2 nitrogen and oxygen atoms in total. The van der Waals surface area contributed by atoms with E-state index in [1.807, 2.05) is 18.2 Å². The van der Waals surface area contributed by atoms with Crippen molar-refractivity contribution in [3.8, 4) is 0 Å². The van der Waals surface area contributed by atoms with Crippen molar-refractivity contribution < 1.29 is 9.90 Å². The first-order valence-electron chi connectivity index (χ1n) is 3.96. The molecule has 0 aromatic heterocycles. The van der Waals surface area contributed by atoms with Gasteiger partial charge < -0.3 is 5.11 Å². The van der Waals surface area contributed by atoms with E-state index < -0.39 is 5.97 Å². The molecule has 0 amide bonds. The van der Waals surface area contributed by atoms with Crippen LogP contribution in [0.1, 0.15) is 6.92 Å². The summed E-state index contributed by atoms with van der Waals surface area (Å²) in [6.45, 7) is 2.07. The van der Waals surface area contributed by atoms with Crippen molar-refractivity contribution in [1.29, 1.82) is 0 Å². The average Bonchev–Trinajstić information content (AvgIpc) is 2.03. The molecule has 64 valence electrons. The molecule has 0 saturated carbocycles. The number of carbonyl (C=O) groups is 1. The zero-order valence-corrected chi connectivity index (χ0v) is 6.97. The van der Waals surface area contributed by atoms with Crippen LogP contribution >= 0.6 is 0 Å². The van der Waals surface area contributed by atoms with Crippen molar-refractivity contribution in [2.75, 3.05) is 0 Å². The van der Waals surface area contributed by atoms with Crippen LogP contribution in [0.5, 0.6) is 0 Å². The Kier molecular flexibility index (Phi) is 2.86. The van der Waals surface area contributed by atoms with Crippen LogP contribution in [0.15, 0.2) is 36.5 Å². The van der Waals surface area contributed by atoms with Gasteiger partial charge in [0.2, 0.25) is 0 Å². The Morgan fingerprint density at radius 2 is 2.08 bits per heavy atom. The average molecular weight is 164 g/mol. The highest BCUT2D eigenvalue weighted by Crippen LogP contribution is 2.19. The van der Waals surface area contributed by atoms with Crippen LogP contribution in [-0.4, -0.2) is 11.1 Å². The fourth-order valence-electron chi connectivity index (χ4n) is 1.17. The van der Waals surface area contributed by atoms with E-state index in [-0.39, 0.29) is 5.92 Å². The van der Waals surface area contributed by atoms with E-state index in [9.17, 15) is 4.79 Å². The Bertz CT molecular complexity index is 249. The fourth-order valence-corrected chi connectivity index (χ4v) is 1.17. The lowest BCUT2D eigenvalue weighted by atomic mass is 9.90. The lowest BCUT2D eigenvalue weighted by molar-refractivity contribution is -0.131. The summed E-state index contributed by atoms with van der Waals surface area (Å²) in [6, 6.07) is 0. The van der Waals surface area contributed by atoms with Gasteiger partial charge in [0, 0.05) is 12.0 Å². The zero-order chi connectivity index (χ0) is 8.97. The molecular weight excluding hydrogens is 152 g/mol. The van der Waals surface area contributed by atoms with E-state index in [2.05, 4.69) is 13.0 Å². The first-order chi connectivity index (χ1) is 5.70. The van der Waals surface area contributed by atoms with Gasteiger partial charge in [0.15, 0.2) is 0 Å². The number of allylic oxidation sites excluding steroid dienone is 5. The van der Waals surface area contributed by atoms with Gasteiger partial charge in [-0.05, 0) is 5.92 Å². The molecular formula is C10H12O2. The molecule has 1 rings (SSSR count). The highest BCUT2D eigenvalue weighted by molar-refractivity contribution is 5.79. The first-order valence-corrected chi connectivity index (χ1v) is 3.96. The molecule has 1 aliphatic carbocycles. The van der Waals surface area contributed by atoms with Crippen LogP contribution in [0, 0.1) is 11.8 Å². The highest BCUT2D eigenvalue weighted by Gasteiger charge is 2.10. The van der Waals surface area contributed by atoms with Crippen molar-refractivity contribution in [1.82, 2.24) is 0 Å². The van der Waals surface area contributed by atoms with Crippen molar-refractivity contribution in [3.05, 3.63) is 36.5 Å². The summed E-state index contributed by atoms with van der Waals surface area (Å²) in [5, 5.41) is 8.40. The summed E-state index contributed by atoms with van der Waals surface area (Å²) in [5.41, 5.74) is 0. The molecule has 0 aliphatic heterocycles. The lowest BCUT2D eigenvalue weighted by Gasteiger charge is -2.15. The summed E-state index contributed by atoms with van der Waals surface area (Å²) in [6.07, 6.45) is 10.9. The third-order valence-electron chi connectivity index (χ3n) is 1.93. The molecule has 0 aromatic carbocycles. The van der Waals surface area contributed by atoms with Gasteiger partial charge in [-0.25, -0.2) is 4.79 Å². The quantitative estimate of drug-likeness (QED) is 0.634. The topological polar surface area (TPSA) is 37.3 Å². The number of carboxylic acids is 1. The molecule has 0 heterocycles. The number of aliphatic carboxylic acids is 1.